The minimum absolute atomic E-state index is 0.0823. The summed E-state index contributed by atoms with van der Waals surface area (Å²) in [7, 11) is 0. The van der Waals surface area contributed by atoms with E-state index in [0.29, 0.717) is 12.1 Å². The standard InChI is InChI=1S/C10H9FN2O7/c1-2-19-10(14)5-20-9-3-6(11)7(12(15)16)4-8(9)13(17)18/h3-4H,2,5H2,1H3. The summed E-state index contributed by atoms with van der Waals surface area (Å²) in [5.41, 5.74) is -1.87. The molecule has 9 nitrogen and oxygen atoms in total. The van der Waals surface area contributed by atoms with Gasteiger partial charge in [-0.05, 0) is 6.92 Å². The summed E-state index contributed by atoms with van der Waals surface area (Å²) in [6.07, 6.45) is 0. The highest BCUT2D eigenvalue weighted by Gasteiger charge is 2.26. The Bertz CT molecular complexity index is 561. The molecule has 0 aliphatic rings. The number of nitrogens with zero attached hydrogens (tertiary/aromatic N) is 2. The third-order valence-electron chi connectivity index (χ3n) is 2.07. The minimum Gasteiger partial charge on any atom is -0.475 e. The fourth-order valence-corrected chi connectivity index (χ4v) is 1.27. The molecule has 0 saturated heterocycles. The third-order valence-corrected chi connectivity index (χ3v) is 2.07. The summed E-state index contributed by atoms with van der Waals surface area (Å²) in [5, 5.41) is 21.2. The van der Waals surface area contributed by atoms with Crippen molar-refractivity contribution in [1.29, 1.82) is 0 Å². The van der Waals surface area contributed by atoms with Gasteiger partial charge >= 0.3 is 17.3 Å². The number of carbonyl (C=O) groups excluding carboxylic acids is 1. The van der Waals surface area contributed by atoms with Crippen LogP contribution in [0.3, 0.4) is 0 Å². The summed E-state index contributed by atoms with van der Waals surface area (Å²) in [5.74, 6) is -2.70. The van der Waals surface area contributed by atoms with Crippen molar-refractivity contribution < 1.29 is 28.5 Å². The van der Waals surface area contributed by atoms with Crippen molar-refractivity contribution in [3.05, 3.63) is 38.2 Å². The lowest BCUT2D eigenvalue weighted by Gasteiger charge is -2.06. The molecule has 0 aliphatic heterocycles. The van der Waals surface area contributed by atoms with E-state index < -0.39 is 45.4 Å². The van der Waals surface area contributed by atoms with Gasteiger partial charge in [0.15, 0.2) is 6.61 Å². The van der Waals surface area contributed by atoms with Crippen LogP contribution in [0.4, 0.5) is 15.8 Å². The average molecular weight is 288 g/mol. The van der Waals surface area contributed by atoms with Crippen LogP contribution in [0.25, 0.3) is 0 Å². The molecule has 0 atom stereocenters. The van der Waals surface area contributed by atoms with Crippen molar-refractivity contribution in [3.63, 3.8) is 0 Å². The van der Waals surface area contributed by atoms with Gasteiger partial charge < -0.3 is 9.47 Å². The highest BCUT2D eigenvalue weighted by atomic mass is 19.1. The van der Waals surface area contributed by atoms with E-state index >= 15 is 0 Å². The van der Waals surface area contributed by atoms with Crippen molar-refractivity contribution >= 4 is 17.3 Å². The van der Waals surface area contributed by atoms with E-state index in [1.807, 2.05) is 0 Å². The molecule has 10 heteroatoms. The van der Waals surface area contributed by atoms with Gasteiger partial charge in [-0.3, -0.25) is 20.2 Å². The molecular formula is C10H9FN2O7. The summed E-state index contributed by atoms with van der Waals surface area (Å²) in [6, 6.07) is 0.908. The number of rotatable bonds is 6. The first-order chi connectivity index (χ1) is 9.36. The zero-order chi connectivity index (χ0) is 15.3. The van der Waals surface area contributed by atoms with Crippen molar-refractivity contribution in [1.82, 2.24) is 0 Å². The smallest absolute Gasteiger partial charge is 0.344 e. The summed E-state index contributed by atoms with van der Waals surface area (Å²) in [4.78, 5) is 30.2. The molecule has 0 amide bonds. The molecule has 0 aliphatic carbocycles. The SMILES string of the molecule is CCOC(=O)COc1cc(F)c([N+](=O)[O-])cc1[N+](=O)[O-]. The van der Waals surface area contributed by atoms with E-state index in [4.69, 9.17) is 4.74 Å². The first kappa shape index (κ1) is 15.3. The van der Waals surface area contributed by atoms with Crippen LogP contribution in [0, 0.1) is 26.0 Å². The zero-order valence-electron chi connectivity index (χ0n) is 10.2. The van der Waals surface area contributed by atoms with Gasteiger partial charge in [0.2, 0.25) is 11.6 Å². The van der Waals surface area contributed by atoms with Crippen molar-refractivity contribution in [2.75, 3.05) is 13.2 Å². The molecule has 108 valence electrons. The van der Waals surface area contributed by atoms with E-state index in [2.05, 4.69) is 4.74 Å². The van der Waals surface area contributed by atoms with E-state index in [-0.39, 0.29) is 6.61 Å². The van der Waals surface area contributed by atoms with Crippen molar-refractivity contribution in [2.24, 2.45) is 0 Å². The quantitative estimate of drug-likeness (QED) is 0.442. The Morgan fingerprint density at radius 1 is 1.25 bits per heavy atom. The van der Waals surface area contributed by atoms with Crippen LogP contribution in [0.1, 0.15) is 6.92 Å². The van der Waals surface area contributed by atoms with Crippen molar-refractivity contribution in [2.45, 2.75) is 6.92 Å². The third kappa shape index (κ3) is 3.60. The number of nitro groups is 2. The second-order valence-electron chi connectivity index (χ2n) is 3.38. The molecule has 0 N–H and O–H groups in total. The van der Waals surface area contributed by atoms with Crippen LogP contribution < -0.4 is 4.74 Å². The predicted molar refractivity (Wildman–Crippen MR) is 61.8 cm³/mol. The summed E-state index contributed by atoms with van der Waals surface area (Å²) in [6.45, 7) is 0.955. The number of nitro benzene ring substituents is 2. The number of hydrogen-bond donors (Lipinski definition) is 0. The summed E-state index contributed by atoms with van der Waals surface area (Å²) >= 11 is 0. The van der Waals surface area contributed by atoms with Gasteiger partial charge in [0.05, 0.1) is 16.5 Å². The predicted octanol–water partition coefficient (Wildman–Crippen LogP) is 1.58. The monoisotopic (exact) mass is 288 g/mol. The Balaban J connectivity index is 3.06. The molecule has 1 aromatic rings. The normalized spacial score (nSPS) is 9.90. The Morgan fingerprint density at radius 2 is 1.85 bits per heavy atom. The molecule has 1 rings (SSSR count). The van der Waals surface area contributed by atoms with Crippen LogP contribution in [-0.2, 0) is 9.53 Å². The van der Waals surface area contributed by atoms with E-state index in [1.54, 1.807) is 6.92 Å². The number of esters is 1. The first-order valence-corrected chi connectivity index (χ1v) is 5.27. The van der Waals surface area contributed by atoms with Crippen LogP contribution >= 0.6 is 0 Å². The highest BCUT2D eigenvalue weighted by molar-refractivity contribution is 5.71. The first-order valence-electron chi connectivity index (χ1n) is 5.27. The minimum atomic E-state index is -1.31. The molecule has 0 heterocycles. The molecular weight excluding hydrogens is 279 g/mol. The van der Waals surface area contributed by atoms with Gasteiger partial charge in [-0.25, -0.2) is 4.79 Å². The fourth-order valence-electron chi connectivity index (χ4n) is 1.27. The van der Waals surface area contributed by atoms with E-state index in [9.17, 15) is 29.4 Å². The lowest BCUT2D eigenvalue weighted by molar-refractivity contribution is -0.396. The number of halogens is 1. The van der Waals surface area contributed by atoms with Gasteiger partial charge in [-0.2, -0.15) is 4.39 Å². The Kier molecular flexibility index (Phi) is 4.89. The number of hydrogen-bond acceptors (Lipinski definition) is 7. The van der Waals surface area contributed by atoms with Crippen LogP contribution in [-0.4, -0.2) is 29.0 Å². The van der Waals surface area contributed by atoms with Gasteiger partial charge in [0.1, 0.15) is 6.07 Å². The van der Waals surface area contributed by atoms with Gasteiger partial charge in [0, 0.05) is 6.07 Å². The molecule has 0 spiro atoms. The molecule has 20 heavy (non-hydrogen) atoms. The van der Waals surface area contributed by atoms with Crippen molar-refractivity contribution in [3.8, 4) is 5.75 Å². The molecule has 0 bridgehead atoms. The second-order valence-corrected chi connectivity index (χ2v) is 3.38. The largest absolute Gasteiger partial charge is 0.475 e. The maximum absolute atomic E-state index is 13.4. The second kappa shape index (κ2) is 6.41. The lowest BCUT2D eigenvalue weighted by Crippen LogP contribution is -2.15. The fraction of sp³-hybridized carbons (Fsp3) is 0.300. The van der Waals surface area contributed by atoms with Crippen LogP contribution in [0.5, 0.6) is 5.75 Å². The molecule has 0 aromatic heterocycles. The highest BCUT2D eigenvalue weighted by Crippen LogP contribution is 2.33. The van der Waals surface area contributed by atoms with Crippen LogP contribution in [0.2, 0.25) is 0 Å². The Morgan fingerprint density at radius 3 is 2.35 bits per heavy atom. The zero-order valence-corrected chi connectivity index (χ0v) is 10.2. The summed E-state index contributed by atoms with van der Waals surface area (Å²) < 4.78 is 22.6. The van der Waals surface area contributed by atoms with Gasteiger partial charge in [0.25, 0.3) is 0 Å². The van der Waals surface area contributed by atoms with E-state index in [0.717, 1.165) is 0 Å². The average Bonchev–Trinajstić information content (AvgIpc) is 2.35. The van der Waals surface area contributed by atoms with Crippen LogP contribution in [0.15, 0.2) is 12.1 Å². The molecule has 0 saturated carbocycles. The number of ether oxygens (including phenoxy) is 2. The van der Waals surface area contributed by atoms with E-state index in [1.165, 1.54) is 0 Å². The topological polar surface area (TPSA) is 122 Å². The number of benzene rings is 1. The maximum Gasteiger partial charge on any atom is 0.344 e. The Hall–Kier alpha value is -2.78. The molecule has 0 radical (unpaired) electrons. The molecule has 0 unspecified atom stereocenters. The molecule has 0 fully saturated rings. The number of carbonyl (C=O) groups is 1. The molecule has 1 aromatic carbocycles. The lowest BCUT2D eigenvalue weighted by atomic mass is 10.2. The van der Waals surface area contributed by atoms with Gasteiger partial charge in [-0.1, -0.05) is 0 Å². The maximum atomic E-state index is 13.4. The Labute approximate surface area is 111 Å². The van der Waals surface area contributed by atoms with Gasteiger partial charge in [-0.15, -0.1) is 0 Å².